The van der Waals surface area contributed by atoms with Gasteiger partial charge in [-0.1, -0.05) is 24.8 Å². The molecule has 2 atom stereocenters. The molecule has 132 valence electrons. The van der Waals surface area contributed by atoms with Crippen molar-refractivity contribution in [3.63, 3.8) is 0 Å². The molecule has 1 aromatic carbocycles. The maximum atomic E-state index is 13.7. The van der Waals surface area contributed by atoms with Crippen molar-refractivity contribution in [3.8, 4) is 11.8 Å². The summed E-state index contributed by atoms with van der Waals surface area (Å²) in [6.45, 7) is 2.71. The Kier molecular flexibility index (Phi) is 5.22. The molecule has 0 saturated carbocycles. The van der Waals surface area contributed by atoms with E-state index in [0.717, 1.165) is 18.4 Å². The Morgan fingerprint density at radius 1 is 1.36 bits per heavy atom. The quantitative estimate of drug-likeness (QED) is 0.655. The number of carbonyl (C=O) groups excluding carboxylic acids is 1. The third-order valence-electron chi connectivity index (χ3n) is 4.65. The minimum atomic E-state index is -0.968. The minimum absolute atomic E-state index is 0.348. The highest BCUT2D eigenvalue weighted by atomic mass is 19.1. The molecule has 3 rings (SSSR count). The lowest BCUT2D eigenvalue weighted by molar-refractivity contribution is -0.166. The van der Waals surface area contributed by atoms with Crippen LogP contribution in [0.15, 0.2) is 35.9 Å². The summed E-state index contributed by atoms with van der Waals surface area (Å²) in [5.74, 6) is 5.48. The molecule has 0 spiro atoms. The van der Waals surface area contributed by atoms with Gasteiger partial charge in [0, 0.05) is 16.7 Å². The number of alkyl halides is 1. The van der Waals surface area contributed by atoms with E-state index in [9.17, 15) is 14.3 Å². The third kappa shape index (κ3) is 4.09. The molecule has 1 heterocycles. The molecule has 2 aliphatic rings. The summed E-state index contributed by atoms with van der Waals surface area (Å²) in [4.78, 5) is 12.2. The number of rotatable bonds is 3. The number of aliphatic hydroxyl groups excluding tert-OH is 1. The molecular weight excluding hydrogens is 321 g/mol. The molecule has 2 unspecified atom stereocenters. The van der Waals surface area contributed by atoms with Gasteiger partial charge in [0.25, 0.3) is 5.91 Å². The molecule has 0 bridgehead atoms. The molecule has 1 aromatic rings. The van der Waals surface area contributed by atoms with Crippen LogP contribution in [0.4, 0.5) is 4.39 Å². The van der Waals surface area contributed by atoms with E-state index in [1.807, 2.05) is 13.0 Å². The molecular formula is C20H22FNO3. The van der Waals surface area contributed by atoms with E-state index in [0.29, 0.717) is 30.8 Å². The molecule has 1 fully saturated rings. The predicted octanol–water partition coefficient (Wildman–Crippen LogP) is 2.57. The van der Waals surface area contributed by atoms with Crippen LogP contribution in [-0.2, 0) is 4.74 Å². The number of halogens is 1. The first-order valence-corrected chi connectivity index (χ1v) is 8.51. The van der Waals surface area contributed by atoms with Gasteiger partial charge in [0.1, 0.15) is 12.4 Å². The first-order chi connectivity index (χ1) is 12.0. The second kappa shape index (κ2) is 7.38. The molecule has 4 nitrogen and oxygen atoms in total. The zero-order chi connectivity index (χ0) is 17.9. The number of hydrogen-bond acceptors (Lipinski definition) is 3. The van der Waals surface area contributed by atoms with Gasteiger partial charge in [-0.05, 0) is 43.5 Å². The van der Waals surface area contributed by atoms with E-state index >= 15 is 0 Å². The average molecular weight is 343 g/mol. The van der Waals surface area contributed by atoms with Crippen LogP contribution in [0.5, 0.6) is 0 Å². The van der Waals surface area contributed by atoms with Crippen LogP contribution < -0.4 is 5.32 Å². The molecule has 1 amide bonds. The Hall–Kier alpha value is -2.16. The van der Waals surface area contributed by atoms with E-state index in [1.54, 1.807) is 24.3 Å². The summed E-state index contributed by atoms with van der Waals surface area (Å²) in [6.07, 6.45) is 2.21. The summed E-state index contributed by atoms with van der Waals surface area (Å²) in [6, 6.07) is 6.74. The van der Waals surface area contributed by atoms with Gasteiger partial charge in [-0.3, -0.25) is 4.79 Å². The second-order valence-electron chi connectivity index (χ2n) is 6.91. The molecule has 0 aromatic heterocycles. The average Bonchev–Trinajstić information content (AvgIpc) is 2.59. The van der Waals surface area contributed by atoms with Crippen molar-refractivity contribution in [2.24, 2.45) is 5.41 Å². The molecule has 0 radical (unpaired) electrons. The second-order valence-corrected chi connectivity index (χ2v) is 6.91. The van der Waals surface area contributed by atoms with Crippen LogP contribution in [0.3, 0.4) is 0 Å². The number of allylic oxidation sites excluding steroid dienone is 2. The number of carbonyl (C=O) groups is 1. The van der Waals surface area contributed by atoms with Gasteiger partial charge in [-0.15, -0.1) is 0 Å². The normalized spacial score (nSPS) is 22.7. The fraction of sp³-hybridized carbons (Fsp3) is 0.450. The van der Waals surface area contributed by atoms with Crippen molar-refractivity contribution in [2.45, 2.75) is 38.6 Å². The van der Waals surface area contributed by atoms with Gasteiger partial charge in [-0.25, -0.2) is 4.39 Å². The summed E-state index contributed by atoms with van der Waals surface area (Å²) in [7, 11) is 0. The van der Waals surface area contributed by atoms with Crippen molar-refractivity contribution < 1.29 is 19.0 Å². The van der Waals surface area contributed by atoms with Crippen molar-refractivity contribution in [1.82, 2.24) is 5.32 Å². The minimum Gasteiger partial charge on any atom is -0.380 e. The number of nitrogens with one attached hydrogen (secondary N) is 1. The highest BCUT2D eigenvalue weighted by Crippen LogP contribution is 2.29. The number of benzene rings is 1. The zero-order valence-electron chi connectivity index (χ0n) is 14.2. The van der Waals surface area contributed by atoms with E-state index < -0.39 is 17.8 Å². The monoisotopic (exact) mass is 343 g/mol. The summed E-state index contributed by atoms with van der Waals surface area (Å²) in [5.41, 5.74) is 1.27. The summed E-state index contributed by atoms with van der Waals surface area (Å²) >= 11 is 0. The number of hydrogen-bond donors (Lipinski definition) is 2. The van der Waals surface area contributed by atoms with Gasteiger partial charge in [0.2, 0.25) is 0 Å². The SMILES string of the molecule is CC1(C(O)NC(=O)c2ccc(C#CC3=CCCCC3F)cc2)COC1. The van der Waals surface area contributed by atoms with Gasteiger partial charge in [0.05, 0.1) is 18.6 Å². The molecule has 1 aliphatic carbocycles. The van der Waals surface area contributed by atoms with Gasteiger partial charge < -0.3 is 15.2 Å². The first-order valence-electron chi connectivity index (χ1n) is 8.51. The van der Waals surface area contributed by atoms with E-state index in [2.05, 4.69) is 17.2 Å². The van der Waals surface area contributed by atoms with Crippen molar-refractivity contribution in [3.05, 3.63) is 47.0 Å². The van der Waals surface area contributed by atoms with Crippen molar-refractivity contribution >= 4 is 5.91 Å². The largest absolute Gasteiger partial charge is 0.380 e. The standard InChI is InChI=1S/C20H22FNO3/c1-20(12-25-13-20)19(24)22-18(23)16-10-7-14(8-11-16)6-9-15-4-2-3-5-17(15)21/h4,7-8,10-11,17,19,24H,2-3,5,12-13H2,1H3,(H,22,23). The fourth-order valence-electron chi connectivity index (χ4n) is 2.78. The smallest absolute Gasteiger partial charge is 0.253 e. The van der Waals surface area contributed by atoms with Crippen LogP contribution in [0.2, 0.25) is 0 Å². The fourth-order valence-corrected chi connectivity index (χ4v) is 2.78. The molecule has 25 heavy (non-hydrogen) atoms. The van der Waals surface area contributed by atoms with Gasteiger partial charge in [0.15, 0.2) is 0 Å². The zero-order valence-corrected chi connectivity index (χ0v) is 14.2. The van der Waals surface area contributed by atoms with Crippen LogP contribution in [-0.4, -0.2) is 36.6 Å². The number of aliphatic hydroxyl groups is 1. The molecule has 2 N–H and O–H groups in total. The molecule has 1 saturated heterocycles. The maximum absolute atomic E-state index is 13.7. The van der Waals surface area contributed by atoms with E-state index in [1.165, 1.54) is 0 Å². The highest BCUT2D eigenvalue weighted by Gasteiger charge is 2.41. The summed E-state index contributed by atoms with van der Waals surface area (Å²) in [5, 5.41) is 12.7. The lowest BCUT2D eigenvalue weighted by Gasteiger charge is -2.41. The van der Waals surface area contributed by atoms with Crippen LogP contribution in [0.25, 0.3) is 0 Å². The Labute approximate surface area is 147 Å². The number of ether oxygens (including phenoxy) is 1. The van der Waals surface area contributed by atoms with Crippen molar-refractivity contribution in [2.75, 3.05) is 13.2 Å². The van der Waals surface area contributed by atoms with Crippen molar-refractivity contribution in [1.29, 1.82) is 0 Å². The Morgan fingerprint density at radius 2 is 2.08 bits per heavy atom. The van der Waals surface area contributed by atoms with Crippen LogP contribution in [0, 0.1) is 17.3 Å². The topological polar surface area (TPSA) is 58.6 Å². The van der Waals surface area contributed by atoms with Gasteiger partial charge >= 0.3 is 0 Å². The summed E-state index contributed by atoms with van der Waals surface area (Å²) < 4.78 is 18.8. The van der Waals surface area contributed by atoms with Crippen LogP contribution >= 0.6 is 0 Å². The predicted molar refractivity (Wildman–Crippen MR) is 92.5 cm³/mol. The first kappa shape index (κ1) is 17.7. The lowest BCUT2D eigenvalue weighted by atomic mass is 9.86. The lowest BCUT2D eigenvalue weighted by Crippen LogP contribution is -2.56. The van der Waals surface area contributed by atoms with Crippen LogP contribution in [0.1, 0.15) is 42.1 Å². The van der Waals surface area contributed by atoms with Gasteiger partial charge in [-0.2, -0.15) is 0 Å². The Bertz CT molecular complexity index is 726. The third-order valence-corrected chi connectivity index (χ3v) is 4.65. The highest BCUT2D eigenvalue weighted by molar-refractivity contribution is 5.94. The molecule has 5 heteroatoms. The molecule has 1 aliphatic heterocycles. The number of amides is 1. The van der Waals surface area contributed by atoms with E-state index in [4.69, 9.17) is 4.74 Å². The Morgan fingerprint density at radius 3 is 2.68 bits per heavy atom. The Balaban J connectivity index is 1.62. The van der Waals surface area contributed by atoms with E-state index in [-0.39, 0.29) is 5.91 Å². The maximum Gasteiger partial charge on any atom is 0.253 e.